The van der Waals surface area contributed by atoms with Crippen molar-refractivity contribution in [3.05, 3.63) is 83.4 Å². The summed E-state index contributed by atoms with van der Waals surface area (Å²) in [7, 11) is 1.67. The Kier molecular flexibility index (Phi) is 9.06. The summed E-state index contributed by atoms with van der Waals surface area (Å²) in [5, 5.41) is 26.1. The average molecular weight is 453 g/mol. The van der Waals surface area contributed by atoms with Gasteiger partial charge in [-0.1, -0.05) is 82.3 Å². The molecule has 2 aromatic rings. The van der Waals surface area contributed by atoms with E-state index in [1.54, 1.807) is 7.05 Å². The standard InChI is InChI=1S/C29H44N2O2/c1-10-21(4)29(8,24-14-12-11-13-15-24)22(5)30-19-27(32)23-16-17-26(25(18-23)20(2)3)28(6,7)31(9)33/h10-18,20-22,27,30,32-33H,1,19H2,2-9H3/t21?,22-,27+,29?/m1/s1. The first-order valence-corrected chi connectivity index (χ1v) is 12.0. The molecule has 0 aromatic heterocycles. The normalized spacial score (nSPS) is 17.0. The fourth-order valence-electron chi connectivity index (χ4n) is 4.57. The zero-order valence-electron chi connectivity index (χ0n) is 21.8. The van der Waals surface area contributed by atoms with Gasteiger partial charge in [0.25, 0.3) is 0 Å². The fourth-order valence-corrected chi connectivity index (χ4v) is 4.57. The maximum absolute atomic E-state index is 11.1. The van der Waals surface area contributed by atoms with Crippen molar-refractivity contribution < 1.29 is 10.3 Å². The van der Waals surface area contributed by atoms with Gasteiger partial charge in [0.1, 0.15) is 0 Å². The summed E-state index contributed by atoms with van der Waals surface area (Å²) in [6.45, 7) is 19.4. The van der Waals surface area contributed by atoms with E-state index in [9.17, 15) is 10.3 Å². The van der Waals surface area contributed by atoms with Crippen LogP contribution in [0.25, 0.3) is 0 Å². The molecule has 0 aliphatic carbocycles. The Balaban J connectivity index is 2.26. The van der Waals surface area contributed by atoms with E-state index < -0.39 is 11.6 Å². The van der Waals surface area contributed by atoms with Crippen LogP contribution < -0.4 is 5.32 Å². The first-order chi connectivity index (χ1) is 15.4. The van der Waals surface area contributed by atoms with Gasteiger partial charge in [-0.3, -0.25) is 0 Å². The maximum atomic E-state index is 11.1. The minimum atomic E-state index is -0.631. The maximum Gasteiger partial charge on any atom is 0.0914 e. The summed E-state index contributed by atoms with van der Waals surface area (Å²) in [4.78, 5) is 0. The molecule has 0 spiro atoms. The second-order valence-corrected chi connectivity index (χ2v) is 10.4. The number of aliphatic hydroxyl groups excluding tert-OH is 1. The van der Waals surface area contributed by atoms with Gasteiger partial charge in [0.05, 0.1) is 11.6 Å². The SMILES string of the molecule is C=CC(C)C(C)(c1ccccc1)[C@@H](C)NC[C@H](O)c1ccc(C(C)(C)N(C)O)c(C(C)C)c1. The molecular formula is C29H44N2O2. The highest BCUT2D eigenvalue weighted by Gasteiger charge is 2.37. The highest BCUT2D eigenvalue weighted by molar-refractivity contribution is 5.39. The summed E-state index contributed by atoms with van der Waals surface area (Å²) in [5.41, 5.74) is 3.67. The zero-order chi connectivity index (χ0) is 25.0. The minimum Gasteiger partial charge on any atom is -0.387 e. The van der Waals surface area contributed by atoms with E-state index in [0.29, 0.717) is 6.54 Å². The summed E-state index contributed by atoms with van der Waals surface area (Å²) >= 11 is 0. The fraction of sp³-hybridized carbons (Fsp3) is 0.517. The summed E-state index contributed by atoms with van der Waals surface area (Å²) in [6.07, 6.45) is 1.38. The van der Waals surface area contributed by atoms with Crippen molar-refractivity contribution in [2.24, 2.45) is 5.92 Å². The third-order valence-corrected chi connectivity index (χ3v) is 7.76. The van der Waals surface area contributed by atoms with Crippen LogP contribution in [0, 0.1) is 5.92 Å². The molecule has 0 radical (unpaired) electrons. The molecule has 0 saturated heterocycles. The van der Waals surface area contributed by atoms with Crippen LogP contribution in [-0.2, 0) is 11.0 Å². The van der Waals surface area contributed by atoms with Gasteiger partial charge in [-0.25, -0.2) is 0 Å². The van der Waals surface area contributed by atoms with Gasteiger partial charge in [0.2, 0.25) is 0 Å². The van der Waals surface area contributed by atoms with E-state index in [4.69, 9.17) is 0 Å². The lowest BCUT2D eigenvalue weighted by molar-refractivity contribution is -0.143. The summed E-state index contributed by atoms with van der Waals surface area (Å²) in [6, 6.07) is 16.7. The lowest BCUT2D eigenvalue weighted by atomic mass is 9.68. The third kappa shape index (κ3) is 5.75. The molecule has 2 rings (SSSR count). The van der Waals surface area contributed by atoms with Crippen LogP contribution in [-0.4, -0.2) is 35.0 Å². The van der Waals surface area contributed by atoms with E-state index in [1.165, 1.54) is 10.6 Å². The lowest BCUT2D eigenvalue weighted by Crippen LogP contribution is -2.49. The number of hydrogen-bond donors (Lipinski definition) is 3. The predicted molar refractivity (Wildman–Crippen MR) is 139 cm³/mol. The third-order valence-electron chi connectivity index (χ3n) is 7.76. The van der Waals surface area contributed by atoms with Gasteiger partial charge < -0.3 is 15.6 Å². The Morgan fingerprint density at radius 3 is 2.15 bits per heavy atom. The van der Waals surface area contributed by atoms with Crippen molar-refractivity contribution in [1.29, 1.82) is 0 Å². The minimum absolute atomic E-state index is 0.119. The second kappa shape index (κ2) is 11.0. The molecule has 4 nitrogen and oxygen atoms in total. The Morgan fingerprint density at radius 1 is 1.03 bits per heavy atom. The summed E-state index contributed by atoms with van der Waals surface area (Å²) in [5.74, 6) is 0.525. The largest absolute Gasteiger partial charge is 0.387 e. The number of hydroxylamine groups is 2. The predicted octanol–water partition coefficient (Wildman–Crippen LogP) is 6.16. The van der Waals surface area contributed by atoms with Crippen LogP contribution in [0.3, 0.4) is 0 Å². The molecule has 0 fully saturated rings. The van der Waals surface area contributed by atoms with Crippen molar-refractivity contribution >= 4 is 0 Å². The van der Waals surface area contributed by atoms with Crippen LogP contribution in [0.2, 0.25) is 0 Å². The smallest absolute Gasteiger partial charge is 0.0914 e. The first kappa shape index (κ1) is 27.3. The molecule has 2 aromatic carbocycles. The number of rotatable bonds is 11. The molecule has 0 heterocycles. The average Bonchev–Trinajstić information content (AvgIpc) is 2.80. The van der Waals surface area contributed by atoms with Gasteiger partial charge in [-0.2, -0.15) is 5.06 Å². The van der Waals surface area contributed by atoms with Gasteiger partial charge >= 0.3 is 0 Å². The number of allylic oxidation sites excluding steroid dienone is 1. The monoisotopic (exact) mass is 452 g/mol. The van der Waals surface area contributed by atoms with Gasteiger partial charge in [0, 0.05) is 25.0 Å². The van der Waals surface area contributed by atoms with Gasteiger partial charge in [-0.05, 0) is 54.9 Å². The van der Waals surface area contributed by atoms with E-state index in [-0.39, 0.29) is 23.3 Å². The van der Waals surface area contributed by atoms with Crippen LogP contribution >= 0.6 is 0 Å². The molecule has 0 aliphatic heterocycles. The number of benzene rings is 2. The molecule has 182 valence electrons. The molecule has 0 amide bonds. The molecule has 3 N–H and O–H groups in total. The highest BCUT2D eigenvalue weighted by Crippen LogP contribution is 2.37. The zero-order valence-corrected chi connectivity index (χ0v) is 21.8. The quantitative estimate of drug-likeness (QED) is 0.282. The van der Waals surface area contributed by atoms with Gasteiger partial charge in [0.15, 0.2) is 0 Å². The van der Waals surface area contributed by atoms with Crippen molar-refractivity contribution in [3.8, 4) is 0 Å². The Labute approximate surface area is 201 Å². The van der Waals surface area contributed by atoms with E-state index >= 15 is 0 Å². The molecule has 2 unspecified atom stereocenters. The van der Waals surface area contributed by atoms with Crippen LogP contribution in [0.15, 0.2) is 61.2 Å². The van der Waals surface area contributed by atoms with E-state index in [1.807, 2.05) is 38.1 Å². The Bertz CT molecular complexity index is 907. The Morgan fingerprint density at radius 2 is 1.64 bits per heavy atom. The molecule has 33 heavy (non-hydrogen) atoms. The molecular weight excluding hydrogens is 408 g/mol. The summed E-state index contributed by atoms with van der Waals surface area (Å²) < 4.78 is 0. The van der Waals surface area contributed by atoms with Gasteiger partial charge in [-0.15, -0.1) is 6.58 Å². The van der Waals surface area contributed by atoms with Crippen LogP contribution in [0.1, 0.15) is 82.7 Å². The second-order valence-electron chi connectivity index (χ2n) is 10.4. The topological polar surface area (TPSA) is 55.7 Å². The number of nitrogens with zero attached hydrogens (tertiary/aromatic N) is 1. The van der Waals surface area contributed by atoms with Crippen LogP contribution in [0.4, 0.5) is 0 Å². The number of nitrogens with one attached hydrogen (secondary N) is 1. The Hall–Kier alpha value is -1.98. The number of aliphatic hydroxyl groups is 1. The van der Waals surface area contributed by atoms with Crippen molar-refractivity contribution in [3.63, 3.8) is 0 Å². The highest BCUT2D eigenvalue weighted by atomic mass is 16.5. The molecule has 4 heteroatoms. The van der Waals surface area contributed by atoms with Crippen molar-refractivity contribution in [2.45, 2.75) is 77.5 Å². The van der Waals surface area contributed by atoms with E-state index in [2.05, 4.69) is 76.8 Å². The van der Waals surface area contributed by atoms with Crippen LogP contribution in [0.5, 0.6) is 0 Å². The van der Waals surface area contributed by atoms with Crippen molar-refractivity contribution in [1.82, 2.24) is 10.4 Å². The first-order valence-electron chi connectivity index (χ1n) is 12.0. The van der Waals surface area contributed by atoms with Crippen molar-refractivity contribution in [2.75, 3.05) is 13.6 Å². The molecule has 0 aliphatic rings. The molecule has 4 atom stereocenters. The number of hydrogen-bond acceptors (Lipinski definition) is 4. The molecule has 0 bridgehead atoms. The molecule has 0 saturated carbocycles. The lowest BCUT2D eigenvalue weighted by Gasteiger charge is -2.41. The van der Waals surface area contributed by atoms with E-state index in [0.717, 1.165) is 16.7 Å².